The third kappa shape index (κ3) is 3.70. The van der Waals surface area contributed by atoms with Gasteiger partial charge in [-0.1, -0.05) is 11.3 Å². The monoisotopic (exact) mass is 393 g/mol. The molecule has 0 bridgehead atoms. The van der Waals surface area contributed by atoms with Crippen molar-refractivity contribution < 1.29 is 14.7 Å². The molecule has 0 radical (unpaired) electrons. The second kappa shape index (κ2) is 7.98. The Hall–Kier alpha value is -3.29. The van der Waals surface area contributed by atoms with Crippen molar-refractivity contribution in [2.24, 2.45) is 0 Å². The van der Waals surface area contributed by atoms with Crippen molar-refractivity contribution >= 4 is 22.8 Å². The Morgan fingerprint density at radius 2 is 2.07 bits per heavy atom. The highest BCUT2D eigenvalue weighted by Gasteiger charge is 2.31. The fourth-order valence-corrected chi connectivity index (χ4v) is 4.02. The van der Waals surface area contributed by atoms with Crippen LogP contribution in [-0.2, 0) is 4.79 Å². The van der Waals surface area contributed by atoms with Crippen LogP contribution in [0.5, 0.6) is 0 Å². The van der Waals surface area contributed by atoms with Crippen LogP contribution in [0.25, 0.3) is 16.6 Å². The number of fused-ring (bicyclic) bond motifs is 1. The molecular formula is C21H23N5O3. The molecule has 0 spiro atoms. The Morgan fingerprint density at radius 3 is 2.90 bits per heavy atom. The van der Waals surface area contributed by atoms with E-state index in [1.54, 1.807) is 15.8 Å². The maximum absolute atomic E-state index is 13.2. The topological polar surface area (TPSA) is 101 Å². The van der Waals surface area contributed by atoms with E-state index in [-0.39, 0.29) is 18.4 Å². The van der Waals surface area contributed by atoms with Crippen molar-refractivity contribution in [2.45, 2.75) is 45.1 Å². The lowest BCUT2D eigenvalue weighted by molar-refractivity contribution is -0.137. The van der Waals surface area contributed by atoms with E-state index in [4.69, 9.17) is 5.11 Å². The molecule has 1 amide bonds. The van der Waals surface area contributed by atoms with Gasteiger partial charge in [-0.3, -0.25) is 14.6 Å². The lowest BCUT2D eigenvalue weighted by Gasteiger charge is -2.35. The van der Waals surface area contributed by atoms with E-state index in [1.165, 1.54) is 0 Å². The third-order valence-electron chi connectivity index (χ3n) is 5.53. The van der Waals surface area contributed by atoms with Gasteiger partial charge in [-0.2, -0.15) is 0 Å². The molecule has 1 aromatic carbocycles. The maximum Gasteiger partial charge on any atom is 0.303 e. The highest BCUT2D eigenvalue weighted by molar-refractivity contribution is 5.94. The van der Waals surface area contributed by atoms with Gasteiger partial charge >= 0.3 is 5.97 Å². The SMILES string of the molecule is Cc1c(C(=O)N2CCCCC2CCC(=O)O)nnn1-c1cccc2ncccc12. The van der Waals surface area contributed by atoms with Crippen molar-refractivity contribution in [3.05, 3.63) is 47.9 Å². The molecule has 0 aliphatic carbocycles. The van der Waals surface area contributed by atoms with Crippen LogP contribution in [-0.4, -0.2) is 54.4 Å². The summed E-state index contributed by atoms with van der Waals surface area (Å²) in [6.45, 7) is 2.45. The van der Waals surface area contributed by atoms with Crippen LogP contribution >= 0.6 is 0 Å². The smallest absolute Gasteiger partial charge is 0.303 e. The van der Waals surface area contributed by atoms with Gasteiger partial charge in [-0.25, -0.2) is 4.68 Å². The molecule has 1 unspecified atom stereocenters. The molecule has 2 aromatic heterocycles. The first-order chi connectivity index (χ1) is 14.1. The Bertz CT molecular complexity index is 1060. The standard InChI is InChI=1S/C21H23N5O3/c1-14-20(21(29)25-13-3-2-6-15(25)10-11-19(27)28)23-24-26(14)18-9-4-8-17-16(18)7-5-12-22-17/h4-5,7-9,12,15H,2-3,6,10-11,13H2,1H3,(H,27,28). The molecule has 1 atom stereocenters. The van der Waals surface area contributed by atoms with Crippen molar-refractivity contribution in [1.82, 2.24) is 24.9 Å². The minimum absolute atomic E-state index is 0.0587. The third-order valence-corrected chi connectivity index (χ3v) is 5.53. The van der Waals surface area contributed by atoms with Crippen LogP contribution in [0, 0.1) is 6.92 Å². The van der Waals surface area contributed by atoms with Crippen LogP contribution in [0.15, 0.2) is 36.5 Å². The maximum atomic E-state index is 13.2. The van der Waals surface area contributed by atoms with E-state index >= 15 is 0 Å². The molecule has 1 aliphatic heterocycles. The fourth-order valence-electron chi connectivity index (χ4n) is 4.02. The summed E-state index contributed by atoms with van der Waals surface area (Å²) in [6, 6.07) is 9.52. The number of carbonyl (C=O) groups excluding carboxylic acids is 1. The normalized spacial score (nSPS) is 16.9. The summed E-state index contributed by atoms with van der Waals surface area (Å²) < 4.78 is 1.67. The molecule has 4 rings (SSSR count). The summed E-state index contributed by atoms with van der Waals surface area (Å²) in [4.78, 5) is 30.4. The molecule has 3 aromatic rings. The summed E-state index contributed by atoms with van der Waals surface area (Å²) in [5.74, 6) is -1.02. The second-order valence-electron chi connectivity index (χ2n) is 7.36. The Balaban J connectivity index is 1.65. The van der Waals surface area contributed by atoms with Crippen molar-refractivity contribution in [3.8, 4) is 5.69 Å². The number of hydrogen-bond donors (Lipinski definition) is 1. The molecule has 150 valence electrons. The first kappa shape index (κ1) is 19.0. The van der Waals surface area contributed by atoms with E-state index in [0.29, 0.717) is 24.4 Å². The summed E-state index contributed by atoms with van der Waals surface area (Å²) in [5.41, 5.74) is 2.64. The summed E-state index contributed by atoms with van der Waals surface area (Å²) in [5, 5.41) is 18.4. The van der Waals surface area contributed by atoms with Gasteiger partial charge in [0, 0.05) is 30.6 Å². The first-order valence-electron chi connectivity index (χ1n) is 9.85. The number of carboxylic acids is 1. The van der Waals surface area contributed by atoms with Gasteiger partial charge in [0.1, 0.15) is 0 Å². The summed E-state index contributed by atoms with van der Waals surface area (Å²) in [6.07, 6.45) is 5.00. The van der Waals surface area contributed by atoms with Gasteiger partial charge in [0.05, 0.1) is 16.9 Å². The Labute approximate surface area is 168 Å². The molecule has 8 heteroatoms. The van der Waals surface area contributed by atoms with Gasteiger partial charge in [0.25, 0.3) is 5.91 Å². The summed E-state index contributed by atoms with van der Waals surface area (Å²) >= 11 is 0. The molecule has 1 fully saturated rings. The lowest BCUT2D eigenvalue weighted by Crippen LogP contribution is -2.44. The van der Waals surface area contributed by atoms with E-state index in [2.05, 4.69) is 15.3 Å². The van der Waals surface area contributed by atoms with Gasteiger partial charge in [-0.15, -0.1) is 5.10 Å². The number of rotatable bonds is 5. The number of aliphatic carboxylic acids is 1. The zero-order chi connectivity index (χ0) is 20.4. The van der Waals surface area contributed by atoms with Crippen molar-refractivity contribution in [1.29, 1.82) is 0 Å². The van der Waals surface area contributed by atoms with Crippen LogP contribution in [0.1, 0.15) is 48.3 Å². The number of piperidine rings is 1. The number of likely N-dealkylation sites (tertiary alicyclic amines) is 1. The number of benzene rings is 1. The van der Waals surface area contributed by atoms with Gasteiger partial charge in [0.15, 0.2) is 5.69 Å². The first-order valence-corrected chi connectivity index (χ1v) is 9.85. The van der Waals surface area contributed by atoms with E-state index in [9.17, 15) is 9.59 Å². The van der Waals surface area contributed by atoms with E-state index in [1.807, 2.05) is 37.3 Å². The number of aromatic nitrogens is 4. The number of pyridine rings is 1. The predicted octanol–water partition coefficient (Wildman–Crippen LogP) is 2.98. The molecule has 0 saturated carbocycles. The molecule has 1 saturated heterocycles. The van der Waals surface area contributed by atoms with Gasteiger partial charge in [0.2, 0.25) is 0 Å². The average Bonchev–Trinajstić information content (AvgIpc) is 3.12. The highest BCUT2D eigenvalue weighted by atomic mass is 16.4. The molecule has 8 nitrogen and oxygen atoms in total. The largest absolute Gasteiger partial charge is 0.481 e. The number of carbonyl (C=O) groups is 2. The predicted molar refractivity (Wildman–Crippen MR) is 107 cm³/mol. The quantitative estimate of drug-likeness (QED) is 0.715. The lowest BCUT2D eigenvalue weighted by atomic mass is 9.97. The zero-order valence-corrected chi connectivity index (χ0v) is 16.3. The minimum atomic E-state index is -0.838. The number of carboxylic acid groups (broad SMARTS) is 1. The van der Waals surface area contributed by atoms with Crippen molar-refractivity contribution in [3.63, 3.8) is 0 Å². The number of nitrogens with zero attached hydrogens (tertiary/aromatic N) is 5. The van der Waals surface area contributed by atoms with Crippen LogP contribution < -0.4 is 0 Å². The number of amides is 1. The molecule has 3 heterocycles. The summed E-state index contributed by atoms with van der Waals surface area (Å²) in [7, 11) is 0. The fraction of sp³-hybridized carbons (Fsp3) is 0.381. The molecule has 29 heavy (non-hydrogen) atoms. The van der Waals surface area contributed by atoms with Crippen molar-refractivity contribution in [2.75, 3.05) is 6.54 Å². The molecule has 1 N–H and O–H groups in total. The zero-order valence-electron chi connectivity index (χ0n) is 16.3. The average molecular weight is 393 g/mol. The van der Waals surface area contributed by atoms with Gasteiger partial charge in [-0.05, 0) is 56.9 Å². The number of hydrogen-bond acceptors (Lipinski definition) is 5. The van der Waals surface area contributed by atoms with Crippen LogP contribution in [0.2, 0.25) is 0 Å². The second-order valence-corrected chi connectivity index (χ2v) is 7.36. The molecular weight excluding hydrogens is 370 g/mol. The van der Waals surface area contributed by atoms with Crippen LogP contribution in [0.3, 0.4) is 0 Å². The minimum Gasteiger partial charge on any atom is -0.481 e. The Kier molecular flexibility index (Phi) is 5.24. The van der Waals surface area contributed by atoms with Crippen LogP contribution in [0.4, 0.5) is 0 Å². The Morgan fingerprint density at radius 1 is 1.21 bits per heavy atom. The van der Waals surface area contributed by atoms with E-state index in [0.717, 1.165) is 35.9 Å². The van der Waals surface area contributed by atoms with E-state index < -0.39 is 5.97 Å². The van der Waals surface area contributed by atoms with Gasteiger partial charge < -0.3 is 10.0 Å². The molecule has 1 aliphatic rings. The highest BCUT2D eigenvalue weighted by Crippen LogP contribution is 2.25.